The van der Waals surface area contributed by atoms with Gasteiger partial charge in [-0.3, -0.25) is 0 Å². The van der Waals surface area contributed by atoms with Crippen LogP contribution in [0.5, 0.6) is 0 Å². The number of hydrogen-bond donors (Lipinski definition) is 0. The molecular formula is C9H10BrF2N. The van der Waals surface area contributed by atoms with Crippen LogP contribution in [0.4, 0.5) is 8.78 Å². The van der Waals surface area contributed by atoms with Crippen LogP contribution in [0.25, 0.3) is 0 Å². The van der Waals surface area contributed by atoms with Gasteiger partial charge in [0.15, 0.2) is 0 Å². The van der Waals surface area contributed by atoms with Crippen LogP contribution in [0.2, 0.25) is 0 Å². The SMILES string of the molecule is CN(C)Cc1c(F)ccc(Br)c1F. The molecule has 4 heteroatoms. The first-order chi connectivity index (χ1) is 6.02. The molecule has 0 bridgehead atoms. The molecule has 13 heavy (non-hydrogen) atoms. The normalized spacial score (nSPS) is 10.9. The fourth-order valence-electron chi connectivity index (χ4n) is 1.03. The van der Waals surface area contributed by atoms with Crippen LogP contribution in [0.1, 0.15) is 5.56 Å². The van der Waals surface area contributed by atoms with E-state index in [1.54, 1.807) is 19.0 Å². The Morgan fingerprint density at radius 1 is 1.31 bits per heavy atom. The van der Waals surface area contributed by atoms with Crippen LogP contribution in [0.15, 0.2) is 16.6 Å². The van der Waals surface area contributed by atoms with Gasteiger partial charge >= 0.3 is 0 Å². The molecule has 0 aliphatic rings. The fraction of sp³-hybridized carbons (Fsp3) is 0.333. The summed E-state index contributed by atoms with van der Waals surface area (Å²) in [5, 5.41) is 0. The second-order valence-electron chi connectivity index (χ2n) is 3.06. The van der Waals surface area contributed by atoms with Gasteiger partial charge in [0, 0.05) is 12.1 Å². The highest BCUT2D eigenvalue weighted by molar-refractivity contribution is 9.10. The summed E-state index contributed by atoms with van der Waals surface area (Å²) in [7, 11) is 3.53. The summed E-state index contributed by atoms with van der Waals surface area (Å²) in [6.45, 7) is 0.261. The van der Waals surface area contributed by atoms with Crippen molar-refractivity contribution in [1.82, 2.24) is 4.90 Å². The highest BCUT2D eigenvalue weighted by Gasteiger charge is 2.12. The number of hydrogen-bond acceptors (Lipinski definition) is 1. The van der Waals surface area contributed by atoms with Crippen molar-refractivity contribution in [2.75, 3.05) is 14.1 Å². The van der Waals surface area contributed by atoms with E-state index in [-0.39, 0.29) is 12.1 Å². The van der Waals surface area contributed by atoms with Gasteiger partial charge in [-0.25, -0.2) is 8.78 Å². The maximum Gasteiger partial charge on any atom is 0.144 e. The number of halogens is 3. The van der Waals surface area contributed by atoms with Gasteiger partial charge < -0.3 is 4.90 Å². The minimum absolute atomic E-state index is 0.0966. The lowest BCUT2D eigenvalue weighted by atomic mass is 10.2. The van der Waals surface area contributed by atoms with Gasteiger partial charge in [0.1, 0.15) is 11.6 Å². The average Bonchev–Trinajstić information content (AvgIpc) is 2.05. The molecule has 0 N–H and O–H groups in total. The third kappa shape index (κ3) is 2.48. The molecule has 1 rings (SSSR count). The Bertz CT molecular complexity index is 313. The molecule has 0 saturated heterocycles. The summed E-state index contributed by atoms with van der Waals surface area (Å²) in [5.41, 5.74) is 0.0966. The summed E-state index contributed by atoms with van der Waals surface area (Å²) in [6, 6.07) is 2.62. The first kappa shape index (κ1) is 10.6. The first-order valence-electron chi connectivity index (χ1n) is 3.79. The number of benzene rings is 1. The third-order valence-corrected chi connectivity index (χ3v) is 2.23. The van der Waals surface area contributed by atoms with Crippen molar-refractivity contribution in [2.24, 2.45) is 0 Å². The first-order valence-corrected chi connectivity index (χ1v) is 4.58. The molecule has 0 heterocycles. The predicted octanol–water partition coefficient (Wildman–Crippen LogP) is 2.79. The minimum atomic E-state index is -0.520. The van der Waals surface area contributed by atoms with E-state index in [1.807, 2.05) is 0 Å². The minimum Gasteiger partial charge on any atom is -0.305 e. The molecule has 0 unspecified atom stereocenters. The fourth-order valence-corrected chi connectivity index (χ4v) is 1.40. The Labute approximate surface area is 84.5 Å². The molecule has 0 amide bonds. The second kappa shape index (κ2) is 4.15. The van der Waals surface area contributed by atoms with E-state index in [0.717, 1.165) is 0 Å². The molecule has 0 radical (unpaired) electrons. The Balaban J connectivity index is 3.10. The molecule has 0 fully saturated rings. The van der Waals surface area contributed by atoms with Crippen molar-refractivity contribution in [2.45, 2.75) is 6.54 Å². The van der Waals surface area contributed by atoms with E-state index in [9.17, 15) is 8.78 Å². The standard InChI is InChI=1S/C9H10BrF2N/c1-13(2)5-6-8(11)4-3-7(10)9(6)12/h3-4H,5H2,1-2H3. The lowest BCUT2D eigenvalue weighted by Crippen LogP contribution is -2.13. The molecule has 1 nitrogen and oxygen atoms in total. The Morgan fingerprint density at radius 2 is 1.92 bits per heavy atom. The molecule has 0 aliphatic carbocycles. The zero-order valence-corrected chi connectivity index (χ0v) is 9.03. The summed E-state index contributed by atoms with van der Waals surface area (Å²) < 4.78 is 26.7. The average molecular weight is 250 g/mol. The molecule has 1 aromatic carbocycles. The lowest BCUT2D eigenvalue weighted by molar-refractivity contribution is 0.380. The zero-order valence-electron chi connectivity index (χ0n) is 7.44. The highest BCUT2D eigenvalue weighted by atomic mass is 79.9. The Hall–Kier alpha value is -0.480. The van der Waals surface area contributed by atoms with Gasteiger partial charge in [-0.15, -0.1) is 0 Å². The van der Waals surface area contributed by atoms with E-state index in [0.29, 0.717) is 4.47 Å². The van der Waals surface area contributed by atoms with Crippen molar-refractivity contribution in [3.8, 4) is 0 Å². The second-order valence-corrected chi connectivity index (χ2v) is 3.91. The highest BCUT2D eigenvalue weighted by Crippen LogP contribution is 2.22. The number of rotatable bonds is 2. The third-order valence-electron chi connectivity index (χ3n) is 1.61. The Morgan fingerprint density at radius 3 is 2.46 bits per heavy atom. The van der Waals surface area contributed by atoms with Crippen molar-refractivity contribution in [1.29, 1.82) is 0 Å². The predicted molar refractivity (Wildman–Crippen MR) is 51.4 cm³/mol. The van der Waals surface area contributed by atoms with Crippen LogP contribution in [-0.4, -0.2) is 19.0 Å². The van der Waals surface area contributed by atoms with Crippen molar-refractivity contribution in [3.05, 3.63) is 33.8 Å². The van der Waals surface area contributed by atoms with E-state index < -0.39 is 11.6 Å². The van der Waals surface area contributed by atoms with Gasteiger partial charge in [0.25, 0.3) is 0 Å². The number of nitrogens with zero attached hydrogens (tertiary/aromatic N) is 1. The maximum absolute atomic E-state index is 13.3. The molecule has 0 spiro atoms. The van der Waals surface area contributed by atoms with E-state index in [4.69, 9.17) is 0 Å². The molecule has 72 valence electrons. The van der Waals surface area contributed by atoms with Gasteiger partial charge in [0.05, 0.1) is 4.47 Å². The van der Waals surface area contributed by atoms with Crippen molar-refractivity contribution < 1.29 is 8.78 Å². The summed E-state index contributed by atoms with van der Waals surface area (Å²) in [4.78, 5) is 1.72. The summed E-state index contributed by atoms with van der Waals surface area (Å²) in [5.74, 6) is -1.02. The van der Waals surface area contributed by atoms with Gasteiger partial charge in [-0.1, -0.05) is 0 Å². The monoisotopic (exact) mass is 249 g/mol. The molecule has 0 saturated carbocycles. The smallest absolute Gasteiger partial charge is 0.144 e. The topological polar surface area (TPSA) is 3.24 Å². The Kier molecular flexibility index (Phi) is 3.39. The van der Waals surface area contributed by atoms with Crippen LogP contribution in [-0.2, 0) is 6.54 Å². The lowest BCUT2D eigenvalue weighted by Gasteiger charge is -2.11. The summed E-state index contributed by atoms with van der Waals surface area (Å²) in [6.07, 6.45) is 0. The van der Waals surface area contributed by atoms with Crippen molar-refractivity contribution in [3.63, 3.8) is 0 Å². The molecular weight excluding hydrogens is 240 g/mol. The van der Waals surface area contributed by atoms with E-state index >= 15 is 0 Å². The van der Waals surface area contributed by atoms with Gasteiger partial charge in [-0.05, 0) is 42.2 Å². The molecule has 0 atom stereocenters. The quantitative estimate of drug-likeness (QED) is 0.729. The van der Waals surface area contributed by atoms with Gasteiger partial charge in [0.2, 0.25) is 0 Å². The molecule has 1 aromatic rings. The molecule has 0 aliphatic heterocycles. The summed E-state index contributed by atoms with van der Waals surface area (Å²) >= 11 is 3.01. The van der Waals surface area contributed by atoms with Crippen LogP contribution in [0, 0.1) is 11.6 Å². The van der Waals surface area contributed by atoms with Gasteiger partial charge in [-0.2, -0.15) is 0 Å². The van der Waals surface area contributed by atoms with Crippen molar-refractivity contribution >= 4 is 15.9 Å². The maximum atomic E-state index is 13.3. The van der Waals surface area contributed by atoms with E-state index in [2.05, 4.69) is 15.9 Å². The van der Waals surface area contributed by atoms with E-state index in [1.165, 1.54) is 12.1 Å². The molecule has 0 aromatic heterocycles. The van der Waals surface area contributed by atoms with Crippen LogP contribution < -0.4 is 0 Å². The van der Waals surface area contributed by atoms with Crippen LogP contribution >= 0.6 is 15.9 Å². The zero-order chi connectivity index (χ0) is 10.0. The largest absolute Gasteiger partial charge is 0.305 e. The van der Waals surface area contributed by atoms with Crippen LogP contribution in [0.3, 0.4) is 0 Å².